The standard InChI is InChI=1S/C27H26N2O5/c1-33-17-5-16-29-24(20-12-14-28-15-13-20)23(26(31)27(29)32)25(30)21-8-10-22(11-9-21)34-18-19-6-3-2-4-7-19/h2-4,6-15,24,30H,5,16-18H2,1H3/b25-23+/t24-/m1/s1. The second-order valence-corrected chi connectivity index (χ2v) is 7.92. The van der Waals surface area contributed by atoms with Crippen LogP contribution >= 0.6 is 0 Å². The summed E-state index contributed by atoms with van der Waals surface area (Å²) in [5.74, 6) is -0.932. The van der Waals surface area contributed by atoms with Gasteiger partial charge in [-0.2, -0.15) is 0 Å². The molecule has 3 aromatic rings. The minimum absolute atomic E-state index is 0.0616. The number of nitrogens with zero attached hydrogens (tertiary/aromatic N) is 2. The normalized spacial score (nSPS) is 17.2. The van der Waals surface area contributed by atoms with Crippen molar-refractivity contribution in [2.45, 2.75) is 19.1 Å². The van der Waals surface area contributed by atoms with Crippen molar-refractivity contribution in [3.63, 3.8) is 0 Å². The van der Waals surface area contributed by atoms with Gasteiger partial charge in [-0.05, 0) is 53.9 Å². The van der Waals surface area contributed by atoms with Crippen molar-refractivity contribution < 1.29 is 24.2 Å². The van der Waals surface area contributed by atoms with Crippen LogP contribution in [0.15, 0.2) is 84.7 Å². The number of hydrogen-bond acceptors (Lipinski definition) is 6. The predicted octanol–water partition coefficient (Wildman–Crippen LogP) is 4.12. The molecule has 1 atom stereocenters. The first kappa shape index (κ1) is 23.2. The van der Waals surface area contributed by atoms with Gasteiger partial charge in [-0.25, -0.2) is 0 Å². The SMILES string of the molecule is COCCCN1C(=O)C(=O)/C(=C(/O)c2ccc(OCc3ccccc3)cc2)[C@H]1c1ccncc1. The number of likely N-dealkylation sites (tertiary alicyclic amines) is 1. The van der Waals surface area contributed by atoms with Crippen LogP contribution in [0.2, 0.25) is 0 Å². The number of ether oxygens (including phenoxy) is 2. The van der Waals surface area contributed by atoms with Crippen molar-refractivity contribution in [1.82, 2.24) is 9.88 Å². The molecule has 0 saturated carbocycles. The van der Waals surface area contributed by atoms with E-state index in [1.54, 1.807) is 55.9 Å². The number of aliphatic hydroxyl groups is 1. The van der Waals surface area contributed by atoms with Crippen molar-refractivity contribution in [1.29, 1.82) is 0 Å². The average Bonchev–Trinajstić information content (AvgIpc) is 3.14. The summed E-state index contributed by atoms with van der Waals surface area (Å²) in [6.45, 7) is 1.20. The Hall–Kier alpha value is -3.97. The molecular weight excluding hydrogens is 432 g/mol. The van der Waals surface area contributed by atoms with Gasteiger partial charge in [-0.1, -0.05) is 30.3 Å². The first-order valence-electron chi connectivity index (χ1n) is 11.0. The zero-order valence-electron chi connectivity index (χ0n) is 18.9. The molecule has 2 heterocycles. The second kappa shape index (κ2) is 10.8. The van der Waals surface area contributed by atoms with Crippen LogP contribution < -0.4 is 4.74 Å². The van der Waals surface area contributed by atoms with Crippen LogP contribution in [-0.2, 0) is 20.9 Å². The summed E-state index contributed by atoms with van der Waals surface area (Å²) >= 11 is 0. The molecule has 1 amide bonds. The van der Waals surface area contributed by atoms with Crippen LogP contribution in [0.5, 0.6) is 5.75 Å². The number of benzene rings is 2. The smallest absolute Gasteiger partial charge is 0.295 e. The Kier molecular flexibility index (Phi) is 7.34. The molecular formula is C27H26N2O5. The van der Waals surface area contributed by atoms with Crippen LogP contribution in [0.1, 0.15) is 29.2 Å². The highest BCUT2D eigenvalue weighted by atomic mass is 16.5. The second-order valence-electron chi connectivity index (χ2n) is 7.92. The molecule has 0 aliphatic carbocycles. The Labute approximate surface area is 198 Å². The Balaban J connectivity index is 1.62. The van der Waals surface area contributed by atoms with E-state index in [4.69, 9.17) is 9.47 Å². The van der Waals surface area contributed by atoms with E-state index in [1.165, 1.54) is 4.90 Å². The third-order valence-corrected chi connectivity index (χ3v) is 5.69. The van der Waals surface area contributed by atoms with Crippen LogP contribution in [0.4, 0.5) is 0 Å². The Morgan fingerprint density at radius 2 is 1.71 bits per heavy atom. The molecule has 7 heteroatoms. The van der Waals surface area contributed by atoms with Gasteiger partial charge in [0, 0.05) is 38.2 Å². The summed E-state index contributed by atoms with van der Waals surface area (Å²) in [5, 5.41) is 11.1. The van der Waals surface area contributed by atoms with E-state index in [2.05, 4.69) is 4.98 Å². The lowest BCUT2D eigenvalue weighted by Crippen LogP contribution is -2.31. The highest BCUT2D eigenvalue weighted by molar-refractivity contribution is 6.46. The van der Waals surface area contributed by atoms with Crippen LogP contribution in [-0.4, -0.2) is 46.9 Å². The number of pyridine rings is 1. The molecule has 0 spiro atoms. The van der Waals surface area contributed by atoms with E-state index in [0.29, 0.717) is 43.1 Å². The maximum Gasteiger partial charge on any atom is 0.295 e. The van der Waals surface area contributed by atoms with Gasteiger partial charge in [0.15, 0.2) is 0 Å². The molecule has 0 unspecified atom stereocenters. The number of amides is 1. The predicted molar refractivity (Wildman–Crippen MR) is 127 cm³/mol. The minimum atomic E-state index is -0.707. The van der Waals surface area contributed by atoms with Crippen LogP contribution in [0.3, 0.4) is 0 Å². The molecule has 1 fully saturated rings. The highest BCUT2D eigenvalue weighted by Gasteiger charge is 2.45. The summed E-state index contributed by atoms with van der Waals surface area (Å²) in [4.78, 5) is 31.4. The van der Waals surface area contributed by atoms with E-state index in [9.17, 15) is 14.7 Å². The third-order valence-electron chi connectivity index (χ3n) is 5.69. The minimum Gasteiger partial charge on any atom is -0.507 e. The first-order chi connectivity index (χ1) is 16.6. The Morgan fingerprint density at radius 3 is 2.38 bits per heavy atom. The highest BCUT2D eigenvalue weighted by Crippen LogP contribution is 2.39. The number of hydrogen-bond donors (Lipinski definition) is 1. The largest absolute Gasteiger partial charge is 0.507 e. The molecule has 0 bridgehead atoms. The van der Waals surface area contributed by atoms with Gasteiger partial charge in [0.25, 0.3) is 11.7 Å². The van der Waals surface area contributed by atoms with Crippen molar-refractivity contribution >= 4 is 17.4 Å². The fourth-order valence-corrected chi connectivity index (χ4v) is 3.99. The fourth-order valence-electron chi connectivity index (χ4n) is 3.99. The molecule has 1 aliphatic heterocycles. The molecule has 1 aliphatic rings. The van der Waals surface area contributed by atoms with E-state index in [0.717, 1.165) is 5.56 Å². The van der Waals surface area contributed by atoms with Gasteiger partial charge < -0.3 is 19.5 Å². The van der Waals surface area contributed by atoms with E-state index < -0.39 is 17.7 Å². The number of carbonyl (C=O) groups is 2. The van der Waals surface area contributed by atoms with Gasteiger partial charge in [-0.3, -0.25) is 14.6 Å². The summed E-state index contributed by atoms with van der Waals surface area (Å²) in [6.07, 6.45) is 3.77. The number of rotatable bonds is 9. The fraction of sp³-hybridized carbons (Fsp3) is 0.222. The van der Waals surface area contributed by atoms with Crippen molar-refractivity contribution in [3.8, 4) is 5.75 Å². The van der Waals surface area contributed by atoms with Gasteiger partial charge in [0.05, 0.1) is 11.6 Å². The lowest BCUT2D eigenvalue weighted by atomic mass is 9.96. The molecule has 0 radical (unpaired) electrons. The van der Waals surface area contributed by atoms with Gasteiger partial charge in [0.2, 0.25) is 0 Å². The lowest BCUT2D eigenvalue weighted by molar-refractivity contribution is -0.140. The maximum atomic E-state index is 13.0. The van der Waals surface area contributed by atoms with E-state index in [1.807, 2.05) is 30.3 Å². The first-order valence-corrected chi connectivity index (χ1v) is 11.0. The molecule has 2 aromatic carbocycles. The van der Waals surface area contributed by atoms with Gasteiger partial charge in [-0.15, -0.1) is 0 Å². The quantitative estimate of drug-likeness (QED) is 0.225. The van der Waals surface area contributed by atoms with Crippen LogP contribution in [0, 0.1) is 0 Å². The van der Waals surface area contributed by atoms with Gasteiger partial charge in [0.1, 0.15) is 18.1 Å². The number of ketones is 1. The molecule has 1 saturated heterocycles. The average molecular weight is 459 g/mol. The van der Waals surface area contributed by atoms with Crippen molar-refractivity contribution in [2.24, 2.45) is 0 Å². The molecule has 4 rings (SSSR count). The number of aromatic nitrogens is 1. The summed E-state index contributed by atoms with van der Waals surface area (Å²) in [7, 11) is 1.59. The number of methoxy groups -OCH3 is 1. The van der Waals surface area contributed by atoms with Crippen molar-refractivity contribution in [2.75, 3.05) is 20.3 Å². The number of carbonyl (C=O) groups excluding carboxylic acids is 2. The Bertz CT molecular complexity index is 1160. The number of aliphatic hydroxyl groups excluding tert-OH is 1. The van der Waals surface area contributed by atoms with Crippen LogP contribution in [0.25, 0.3) is 5.76 Å². The zero-order chi connectivity index (χ0) is 23.9. The zero-order valence-corrected chi connectivity index (χ0v) is 18.9. The summed E-state index contributed by atoms with van der Waals surface area (Å²) < 4.78 is 10.9. The van der Waals surface area contributed by atoms with E-state index in [-0.39, 0.29) is 11.3 Å². The molecule has 1 N–H and O–H groups in total. The maximum absolute atomic E-state index is 13.0. The number of Topliss-reactive ketones (excluding diaryl/α,β-unsaturated/α-hetero) is 1. The molecule has 1 aromatic heterocycles. The van der Waals surface area contributed by atoms with Gasteiger partial charge >= 0.3 is 0 Å². The lowest BCUT2D eigenvalue weighted by Gasteiger charge is -2.25. The molecule has 34 heavy (non-hydrogen) atoms. The third kappa shape index (κ3) is 5.00. The summed E-state index contributed by atoms with van der Waals surface area (Å²) in [5.41, 5.74) is 2.24. The monoisotopic (exact) mass is 458 g/mol. The Morgan fingerprint density at radius 1 is 1.00 bits per heavy atom. The molecule has 174 valence electrons. The summed E-state index contributed by atoms with van der Waals surface area (Å²) in [6, 6.07) is 19.4. The molecule has 7 nitrogen and oxygen atoms in total. The topological polar surface area (TPSA) is 89.0 Å². The van der Waals surface area contributed by atoms with Crippen molar-refractivity contribution in [3.05, 3.63) is 101 Å². The van der Waals surface area contributed by atoms with E-state index >= 15 is 0 Å².